The Morgan fingerprint density at radius 1 is 1.24 bits per heavy atom. The predicted octanol–water partition coefficient (Wildman–Crippen LogP) is 4.55. The molecule has 0 unspecified atom stereocenters. The molecule has 25 heavy (non-hydrogen) atoms. The van der Waals surface area contributed by atoms with Gasteiger partial charge in [-0.25, -0.2) is 4.39 Å². The molecule has 4 nitrogen and oxygen atoms in total. The smallest absolute Gasteiger partial charge is 0.325 e. The van der Waals surface area contributed by atoms with E-state index in [0.29, 0.717) is 22.3 Å². The van der Waals surface area contributed by atoms with Crippen LogP contribution in [0.1, 0.15) is 25.0 Å². The van der Waals surface area contributed by atoms with Crippen molar-refractivity contribution in [2.45, 2.75) is 26.9 Å². The lowest BCUT2D eigenvalue weighted by Crippen LogP contribution is -2.18. The van der Waals surface area contributed by atoms with Gasteiger partial charge in [-0.05, 0) is 53.1 Å². The quantitative estimate of drug-likeness (QED) is 0.467. The van der Waals surface area contributed by atoms with Crippen LogP contribution in [0.3, 0.4) is 0 Å². The summed E-state index contributed by atoms with van der Waals surface area (Å²) < 4.78 is 26.0. The summed E-state index contributed by atoms with van der Waals surface area (Å²) in [5.74, 6) is -0.458. The molecule has 2 rings (SSSR count). The molecule has 0 saturated carbocycles. The molecule has 0 aromatic heterocycles. The van der Waals surface area contributed by atoms with Crippen LogP contribution in [0.4, 0.5) is 10.1 Å². The molecule has 6 heteroatoms. The van der Waals surface area contributed by atoms with Crippen LogP contribution in [0.25, 0.3) is 0 Å². The first kappa shape index (κ1) is 19.5. The zero-order valence-electron chi connectivity index (χ0n) is 14.3. The topological polar surface area (TPSA) is 47.6 Å². The minimum Gasteiger partial charge on any atom is -0.487 e. The van der Waals surface area contributed by atoms with Crippen LogP contribution in [0, 0.1) is 9.39 Å². The average molecular weight is 457 g/mol. The van der Waals surface area contributed by atoms with E-state index < -0.39 is 11.8 Å². The highest BCUT2D eigenvalue weighted by Gasteiger charge is 2.18. The van der Waals surface area contributed by atoms with E-state index in [4.69, 9.17) is 9.47 Å². The van der Waals surface area contributed by atoms with Gasteiger partial charge in [-0.1, -0.05) is 37.3 Å². The summed E-state index contributed by atoms with van der Waals surface area (Å²) >= 11 is 1.97. The van der Waals surface area contributed by atoms with Crippen molar-refractivity contribution in [1.29, 1.82) is 0 Å². The molecule has 0 atom stereocenters. The number of esters is 1. The van der Waals surface area contributed by atoms with E-state index in [-0.39, 0.29) is 18.8 Å². The molecule has 2 aromatic rings. The molecule has 134 valence electrons. The van der Waals surface area contributed by atoms with Gasteiger partial charge in [-0.3, -0.25) is 4.79 Å². The number of hydrogen-bond acceptors (Lipinski definition) is 4. The zero-order valence-corrected chi connectivity index (χ0v) is 16.4. The molecule has 0 spiro atoms. The van der Waals surface area contributed by atoms with Crippen molar-refractivity contribution in [3.63, 3.8) is 0 Å². The highest BCUT2D eigenvalue weighted by atomic mass is 127. The summed E-state index contributed by atoms with van der Waals surface area (Å²) in [4.78, 5) is 11.6. The molecule has 0 radical (unpaired) electrons. The van der Waals surface area contributed by atoms with Crippen LogP contribution in [-0.4, -0.2) is 19.1 Å². The maximum atomic E-state index is 14.8. The molecule has 1 N–H and O–H groups in total. The lowest BCUT2D eigenvalue weighted by molar-refractivity contribution is -0.140. The zero-order chi connectivity index (χ0) is 18.2. The van der Waals surface area contributed by atoms with Crippen LogP contribution in [0.5, 0.6) is 5.75 Å². The van der Waals surface area contributed by atoms with Crippen LogP contribution in [0.15, 0.2) is 36.4 Å². The second-order valence-electron chi connectivity index (χ2n) is 5.32. The number of rotatable bonds is 8. The van der Waals surface area contributed by atoms with Gasteiger partial charge in [0.15, 0.2) is 5.82 Å². The first-order chi connectivity index (χ1) is 12.1. The highest BCUT2D eigenvalue weighted by molar-refractivity contribution is 14.1. The van der Waals surface area contributed by atoms with E-state index >= 15 is 0 Å². The summed E-state index contributed by atoms with van der Waals surface area (Å²) in [5, 5.41) is 2.82. The normalized spacial score (nSPS) is 10.4. The number of benzene rings is 2. The second kappa shape index (κ2) is 9.60. The van der Waals surface area contributed by atoms with Crippen LogP contribution >= 0.6 is 22.6 Å². The van der Waals surface area contributed by atoms with Gasteiger partial charge in [0.25, 0.3) is 0 Å². The minimum absolute atomic E-state index is 0.117. The van der Waals surface area contributed by atoms with E-state index in [2.05, 4.69) is 5.32 Å². The summed E-state index contributed by atoms with van der Waals surface area (Å²) in [5.41, 5.74) is 2.03. The van der Waals surface area contributed by atoms with Gasteiger partial charge in [0.2, 0.25) is 0 Å². The number of carbonyl (C=O) groups is 1. The van der Waals surface area contributed by atoms with Gasteiger partial charge in [-0.15, -0.1) is 0 Å². The molecule has 0 aliphatic carbocycles. The summed E-state index contributed by atoms with van der Waals surface area (Å²) in [7, 11) is 0. The summed E-state index contributed by atoms with van der Waals surface area (Å²) in [6, 6.07) is 11.5. The molecule has 0 bridgehead atoms. The average Bonchev–Trinajstić information content (AvgIpc) is 2.63. The molecular formula is C19H21FINO3. The SMILES string of the molecule is CCOC(=O)CNc1c(OCc2ccccc2)cc(CC)c(I)c1F. The maximum Gasteiger partial charge on any atom is 0.325 e. The van der Waals surface area contributed by atoms with Crippen molar-refractivity contribution < 1.29 is 18.7 Å². The molecule has 0 aliphatic heterocycles. The Hall–Kier alpha value is -1.83. The number of hydrogen-bond donors (Lipinski definition) is 1. The van der Waals surface area contributed by atoms with Crippen LogP contribution < -0.4 is 10.1 Å². The van der Waals surface area contributed by atoms with E-state index in [0.717, 1.165) is 11.1 Å². The van der Waals surface area contributed by atoms with Gasteiger partial charge < -0.3 is 14.8 Å². The molecule has 2 aromatic carbocycles. The Morgan fingerprint density at radius 3 is 2.60 bits per heavy atom. The van der Waals surface area contributed by atoms with Crippen molar-refractivity contribution in [2.75, 3.05) is 18.5 Å². The van der Waals surface area contributed by atoms with Crippen molar-refractivity contribution >= 4 is 34.2 Å². The number of halogens is 2. The predicted molar refractivity (Wildman–Crippen MR) is 104 cm³/mol. The highest BCUT2D eigenvalue weighted by Crippen LogP contribution is 2.34. The lowest BCUT2D eigenvalue weighted by Gasteiger charge is -2.17. The third-order valence-electron chi connectivity index (χ3n) is 3.58. The van der Waals surface area contributed by atoms with E-state index in [1.807, 2.05) is 65.9 Å². The van der Waals surface area contributed by atoms with Crippen molar-refractivity contribution in [2.24, 2.45) is 0 Å². The largest absolute Gasteiger partial charge is 0.487 e. The Morgan fingerprint density at radius 2 is 1.96 bits per heavy atom. The number of carbonyl (C=O) groups excluding carboxylic acids is 1. The fourth-order valence-corrected chi connectivity index (χ4v) is 3.10. The monoisotopic (exact) mass is 457 g/mol. The van der Waals surface area contributed by atoms with Gasteiger partial charge in [-0.2, -0.15) is 0 Å². The van der Waals surface area contributed by atoms with Gasteiger partial charge in [0, 0.05) is 0 Å². The van der Waals surface area contributed by atoms with Gasteiger partial charge >= 0.3 is 5.97 Å². The Balaban J connectivity index is 2.24. The van der Waals surface area contributed by atoms with Crippen molar-refractivity contribution in [1.82, 2.24) is 0 Å². The minimum atomic E-state index is -0.439. The van der Waals surface area contributed by atoms with Crippen LogP contribution in [0.2, 0.25) is 0 Å². The first-order valence-corrected chi connectivity index (χ1v) is 9.21. The first-order valence-electron chi connectivity index (χ1n) is 8.13. The van der Waals surface area contributed by atoms with Crippen molar-refractivity contribution in [3.05, 3.63) is 56.9 Å². The number of ether oxygens (including phenoxy) is 2. The third-order valence-corrected chi connectivity index (χ3v) is 4.75. The molecule has 0 aliphatic rings. The Bertz CT molecular complexity index is 722. The van der Waals surface area contributed by atoms with E-state index in [1.165, 1.54) is 0 Å². The second-order valence-corrected chi connectivity index (χ2v) is 6.40. The van der Waals surface area contributed by atoms with E-state index in [1.54, 1.807) is 6.92 Å². The Kier molecular flexibility index (Phi) is 7.49. The standard InChI is InChI=1S/C19H21FINO3/c1-3-14-10-15(25-12-13-8-6-5-7-9-13)19(17(20)18(14)21)22-11-16(23)24-4-2/h5-10,22H,3-4,11-12H2,1-2H3. The van der Waals surface area contributed by atoms with Gasteiger partial charge in [0.1, 0.15) is 24.6 Å². The number of aryl methyl sites for hydroxylation is 1. The Labute approximate surface area is 160 Å². The summed E-state index contributed by atoms with van der Waals surface area (Å²) in [6.45, 7) is 4.17. The fraction of sp³-hybridized carbons (Fsp3) is 0.316. The maximum absolute atomic E-state index is 14.8. The number of nitrogens with one attached hydrogen (secondary N) is 1. The van der Waals surface area contributed by atoms with Crippen molar-refractivity contribution in [3.8, 4) is 5.75 Å². The molecule has 0 amide bonds. The molecule has 0 heterocycles. The summed E-state index contributed by atoms with van der Waals surface area (Å²) in [6.07, 6.45) is 0.690. The van der Waals surface area contributed by atoms with E-state index in [9.17, 15) is 9.18 Å². The molecule has 0 fully saturated rings. The van der Waals surface area contributed by atoms with Crippen LogP contribution in [-0.2, 0) is 22.6 Å². The van der Waals surface area contributed by atoms with Gasteiger partial charge in [0.05, 0.1) is 10.2 Å². The lowest BCUT2D eigenvalue weighted by atomic mass is 10.1. The molecule has 0 saturated heterocycles. The fourth-order valence-electron chi connectivity index (χ4n) is 2.30. The molecular weight excluding hydrogens is 436 g/mol. The number of anilines is 1. The third kappa shape index (κ3) is 5.32.